The van der Waals surface area contributed by atoms with Crippen molar-refractivity contribution in [3.63, 3.8) is 0 Å². The number of hydrogen-bond donors (Lipinski definition) is 3. The first kappa shape index (κ1) is 14.9. The van der Waals surface area contributed by atoms with Gasteiger partial charge in [0, 0.05) is 12.2 Å². The largest absolute Gasteiger partial charge is 0.481 e. The van der Waals surface area contributed by atoms with E-state index in [-0.39, 0.29) is 5.92 Å². The number of rotatable bonds is 4. The van der Waals surface area contributed by atoms with Crippen molar-refractivity contribution in [2.24, 2.45) is 5.92 Å². The van der Waals surface area contributed by atoms with Gasteiger partial charge in [0.25, 0.3) is 0 Å². The van der Waals surface area contributed by atoms with Crippen LogP contribution in [0.25, 0.3) is 0 Å². The van der Waals surface area contributed by atoms with E-state index < -0.39 is 11.6 Å². The fourth-order valence-electron chi connectivity index (χ4n) is 2.78. The van der Waals surface area contributed by atoms with Crippen molar-refractivity contribution in [3.05, 3.63) is 29.3 Å². The van der Waals surface area contributed by atoms with E-state index in [0.717, 1.165) is 5.69 Å². The highest BCUT2D eigenvalue weighted by atomic mass is 16.4. The molecule has 0 atom stereocenters. The van der Waals surface area contributed by atoms with Crippen LogP contribution in [0.2, 0.25) is 0 Å². The monoisotopic (exact) mass is 277 g/mol. The molecule has 0 heterocycles. The van der Waals surface area contributed by atoms with Crippen LogP contribution in [0, 0.1) is 19.8 Å². The number of anilines is 1. The Hall–Kier alpha value is -1.55. The van der Waals surface area contributed by atoms with Crippen LogP contribution in [0.1, 0.15) is 36.8 Å². The fraction of sp³-hybridized carbons (Fsp3) is 0.562. The Balaban J connectivity index is 1.94. The molecule has 3 N–H and O–H groups in total. The van der Waals surface area contributed by atoms with Gasteiger partial charge in [0.05, 0.1) is 11.5 Å². The summed E-state index contributed by atoms with van der Waals surface area (Å²) in [6, 6.07) is 6.07. The number of carboxylic acids is 1. The Kier molecular flexibility index (Phi) is 4.33. The number of hydrogen-bond acceptors (Lipinski definition) is 3. The molecule has 1 aromatic rings. The van der Waals surface area contributed by atoms with Crippen LogP contribution < -0.4 is 5.32 Å². The first-order chi connectivity index (χ1) is 9.41. The van der Waals surface area contributed by atoms with Gasteiger partial charge in [-0.2, -0.15) is 0 Å². The molecule has 2 rings (SSSR count). The summed E-state index contributed by atoms with van der Waals surface area (Å²) in [5.74, 6) is -1.04. The van der Waals surface area contributed by atoms with Crippen molar-refractivity contribution >= 4 is 11.7 Å². The van der Waals surface area contributed by atoms with Gasteiger partial charge in [0.15, 0.2) is 0 Å². The minimum absolute atomic E-state index is 0.295. The number of aliphatic hydroxyl groups is 1. The summed E-state index contributed by atoms with van der Waals surface area (Å²) in [5.41, 5.74) is 2.66. The summed E-state index contributed by atoms with van der Waals surface area (Å²) in [5, 5.41) is 22.8. The van der Waals surface area contributed by atoms with E-state index in [0.29, 0.717) is 32.2 Å². The maximum absolute atomic E-state index is 10.9. The van der Waals surface area contributed by atoms with Gasteiger partial charge >= 0.3 is 5.97 Å². The van der Waals surface area contributed by atoms with E-state index in [1.54, 1.807) is 0 Å². The average Bonchev–Trinajstić information content (AvgIpc) is 2.41. The predicted octanol–water partition coefficient (Wildman–Crippen LogP) is 2.72. The fourth-order valence-corrected chi connectivity index (χ4v) is 2.78. The van der Waals surface area contributed by atoms with Crippen molar-refractivity contribution in [1.82, 2.24) is 0 Å². The Morgan fingerprint density at radius 2 is 2.00 bits per heavy atom. The molecule has 1 aromatic carbocycles. The van der Waals surface area contributed by atoms with Gasteiger partial charge in [-0.1, -0.05) is 12.1 Å². The molecule has 1 saturated carbocycles. The summed E-state index contributed by atoms with van der Waals surface area (Å²) in [7, 11) is 0. The van der Waals surface area contributed by atoms with Crippen LogP contribution in [0.5, 0.6) is 0 Å². The molecule has 4 nitrogen and oxygen atoms in total. The summed E-state index contributed by atoms with van der Waals surface area (Å²) >= 11 is 0. The third kappa shape index (κ3) is 3.31. The third-order valence-corrected chi connectivity index (χ3v) is 4.48. The zero-order valence-corrected chi connectivity index (χ0v) is 12.1. The van der Waals surface area contributed by atoms with Crippen molar-refractivity contribution in [2.45, 2.75) is 45.1 Å². The van der Waals surface area contributed by atoms with Gasteiger partial charge in [-0.05, 0) is 56.7 Å². The van der Waals surface area contributed by atoms with Gasteiger partial charge in [-0.3, -0.25) is 4.79 Å². The smallest absolute Gasteiger partial charge is 0.306 e. The highest BCUT2D eigenvalue weighted by Crippen LogP contribution is 2.32. The Morgan fingerprint density at radius 1 is 1.35 bits per heavy atom. The second kappa shape index (κ2) is 5.83. The van der Waals surface area contributed by atoms with Crippen LogP contribution in [0.3, 0.4) is 0 Å². The topological polar surface area (TPSA) is 69.6 Å². The minimum Gasteiger partial charge on any atom is -0.481 e. The molecular formula is C16H23NO3. The average molecular weight is 277 g/mol. The van der Waals surface area contributed by atoms with Gasteiger partial charge in [-0.25, -0.2) is 0 Å². The summed E-state index contributed by atoms with van der Waals surface area (Å²) in [6.07, 6.45) is 2.20. The van der Waals surface area contributed by atoms with Gasteiger partial charge < -0.3 is 15.5 Å². The molecule has 1 aliphatic carbocycles. The van der Waals surface area contributed by atoms with E-state index in [4.69, 9.17) is 5.11 Å². The van der Waals surface area contributed by atoms with Gasteiger partial charge in [0.2, 0.25) is 0 Å². The number of carboxylic acid groups (broad SMARTS) is 1. The lowest BCUT2D eigenvalue weighted by Gasteiger charge is -2.35. The lowest BCUT2D eigenvalue weighted by Crippen LogP contribution is -2.41. The second-order valence-electron chi connectivity index (χ2n) is 5.94. The molecule has 0 aliphatic heterocycles. The van der Waals surface area contributed by atoms with E-state index in [1.807, 2.05) is 12.1 Å². The van der Waals surface area contributed by atoms with E-state index in [9.17, 15) is 9.90 Å². The highest BCUT2D eigenvalue weighted by molar-refractivity contribution is 5.70. The Labute approximate surface area is 119 Å². The van der Waals surface area contributed by atoms with E-state index >= 15 is 0 Å². The van der Waals surface area contributed by atoms with Crippen LogP contribution in [0.15, 0.2) is 18.2 Å². The molecule has 20 heavy (non-hydrogen) atoms. The SMILES string of the molecule is Cc1cccc(NCC2(O)CCC(C(=O)O)CC2)c1C. The molecule has 1 fully saturated rings. The Bertz CT molecular complexity index is 490. The summed E-state index contributed by atoms with van der Waals surface area (Å²) in [4.78, 5) is 10.9. The number of nitrogens with one attached hydrogen (secondary N) is 1. The van der Waals surface area contributed by atoms with Gasteiger partial charge in [0.1, 0.15) is 0 Å². The van der Waals surface area contributed by atoms with Crippen molar-refractivity contribution < 1.29 is 15.0 Å². The lowest BCUT2D eigenvalue weighted by molar-refractivity contribution is -0.144. The molecular weight excluding hydrogens is 254 g/mol. The molecule has 0 aromatic heterocycles. The molecule has 0 radical (unpaired) electrons. The van der Waals surface area contributed by atoms with Crippen LogP contribution in [-0.2, 0) is 4.79 Å². The molecule has 0 unspecified atom stereocenters. The number of aryl methyl sites for hydroxylation is 1. The maximum Gasteiger partial charge on any atom is 0.306 e. The van der Waals surface area contributed by atoms with E-state index in [2.05, 4.69) is 25.2 Å². The maximum atomic E-state index is 10.9. The number of benzene rings is 1. The molecule has 0 saturated heterocycles. The molecule has 4 heteroatoms. The zero-order chi connectivity index (χ0) is 14.8. The lowest BCUT2D eigenvalue weighted by atomic mass is 9.79. The normalized spacial score (nSPS) is 26.2. The van der Waals surface area contributed by atoms with Crippen LogP contribution in [-0.4, -0.2) is 28.3 Å². The highest BCUT2D eigenvalue weighted by Gasteiger charge is 2.35. The number of aliphatic carboxylic acids is 1. The van der Waals surface area contributed by atoms with Crippen molar-refractivity contribution in [2.75, 3.05) is 11.9 Å². The van der Waals surface area contributed by atoms with Crippen LogP contribution in [0.4, 0.5) is 5.69 Å². The summed E-state index contributed by atoms with van der Waals surface area (Å²) in [6.45, 7) is 4.60. The molecule has 0 amide bonds. The van der Waals surface area contributed by atoms with Crippen molar-refractivity contribution in [3.8, 4) is 0 Å². The van der Waals surface area contributed by atoms with Crippen molar-refractivity contribution in [1.29, 1.82) is 0 Å². The second-order valence-corrected chi connectivity index (χ2v) is 5.94. The Morgan fingerprint density at radius 3 is 2.60 bits per heavy atom. The zero-order valence-electron chi connectivity index (χ0n) is 12.1. The molecule has 0 bridgehead atoms. The summed E-state index contributed by atoms with van der Waals surface area (Å²) < 4.78 is 0. The molecule has 1 aliphatic rings. The van der Waals surface area contributed by atoms with E-state index in [1.165, 1.54) is 11.1 Å². The molecule has 110 valence electrons. The quantitative estimate of drug-likeness (QED) is 0.791. The third-order valence-electron chi connectivity index (χ3n) is 4.48. The van der Waals surface area contributed by atoms with Gasteiger partial charge in [-0.15, -0.1) is 0 Å². The molecule has 0 spiro atoms. The first-order valence-electron chi connectivity index (χ1n) is 7.16. The minimum atomic E-state index is -0.790. The van der Waals surface area contributed by atoms with Crippen LogP contribution >= 0.6 is 0 Å². The first-order valence-corrected chi connectivity index (χ1v) is 7.16. The standard InChI is InChI=1S/C16H23NO3/c1-11-4-3-5-14(12(11)2)17-10-16(20)8-6-13(7-9-16)15(18)19/h3-5,13,17,20H,6-10H2,1-2H3,(H,18,19). The number of carbonyl (C=O) groups is 1. The predicted molar refractivity (Wildman–Crippen MR) is 78.9 cm³/mol.